The average Bonchev–Trinajstić information content (AvgIpc) is 3.87. The summed E-state index contributed by atoms with van der Waals surface area (Å²) >= 11 is 0. The summed E-state index contributed by atoms with van der Waals surface area (Å²) in [6.07, 6.45) is -19.5. The number of aromatic nitrogens is 4. The zero-order valence-corrected chi connectivity index (χ0v) is 36.6. The third kappa shape index (κ3) is 7.96. The zero-order valence-electron chi connectivity index (χ0n) is 36.6. The Morgan fingerprint density at radius 1 is 0.306 bits per heavy atom. The normalized spacial score (nSPS) is 12.7. The van der Waals surface area contributed by atoms with Crippen LogP contribution in [0.4, 0.5) is 52.7 Å². The van der Waals surface area contributed by atoms with Crippen LogP contribution < -0.4 is 0 Å². The van der Waals surface area contributed by atoms with Gasteiger partial charge in [-0.3, -0.25) is 0 Å². The molecule has 358 valence electrons. The van der Waals surface area contributed by atoms with Gasteiger partial charge in [0.25, 0.3) is 0 Å². The SMILES string of the molecule is FC(F)(F)c1ccc2c(c1)c1cc(C(F)(F)F)ccc1n2-c1ccccc1-c1c(-c2nc(-c3ccccc3)cc(-c3ccccc3)n2)cccc1-n1c2ccc(C(F)(F)F)cc2c2cc(C(F)(F)F)ccc21. The van der Waals surface area contributed by atoms with Gasteiger partial charge in [0.05, 0.1) is 67.1 Å². The minimum atomic E-state index is -4.88. The van der Waals surface area contributed by atoms with Crippen LogP contribution in [-0.4, -0.2) is 19.1 Å². The third-order valence-electron chi connectivity index (χ3n) is 12.6. The van der Waals surface area contributed by atoms with Crippen LogP contribution in [0.3, 0.4) is 0 Å². The van der Waals surface area contributed by atoms with Gasteiger partial charge in [-0.1, -0.05) is 91.0 Å². The van der Waals surface area contributed by atoms with E-state index in [1.165, 1.54) is 9.13 Å². The van der Waals surface area contributed by atoms with Crippen LogP contribution in [0.25, 0.3) is 100 Å². The number of fused-ring (bicyclic) bond motifs is 6. The highest BCUT2D eigenvalue weighted by atomic mass is 19.4. The topological polar surface area (TPSA) is 35.6 Å². The largest absolute Gasteiger partial charge is 0.416 e. The summed E-state index contributed by atoms with van der Waals surface area (Å²) in [6.45, 7) is 0. The summed E-state index contributed by atoms with van der Waals surface area (Å²) in [4.78, 5) is 10.2. The van der Waals surface area contributed by atoms with Gasteiger partial charge in [0.2, 0.25) is 0 Å². The van der Waals surface area contributed by atoms with Crippen LogP contribution in [0.2, 0.25) is 0 Å². The summed E-state index contributed by atoms with van der Waals surface area (Å²) in [5.74, 6) is 0.119. The van der Waals surface area contributed by atoms with Crippen LogP contribution >= 0.6 is 0 Å². The van der Waals surface area contributed by atoms with E-state index in [-0.39, 0.29) is 71.9 Å². The Kier molecular flexibility index (Phi) is 10.6. The lowest BCUT2D eigenvalue weighted by atomic mass is 9.94. The summed E-state index contributed by atoms with van der Waals surface area (Å²) in [7, 11) is 0. The molecule has 0 saturated heterocycles. The summed E-state index contributed by atoms with van der Waals surface area (Å²) in [5.41, 5.74) is -0.491. The van der Waals surface area contributed by atoms with Gasteiger partial charge in [0.1, 0.15) is 0 Å². The zero-order chi connectivity index (χ0) is 50.5. The van der Waals surface area contributed by atoms with Crippen molar-refractivity contribution in [3.05, 3.63) is 204 Å². The molecule has 3 aromatic heterocycles. The number of alkyl halides is 12. The van der Waals surface area contributed by atoms with E-state index in [2.05, 4.69) is 0 Å². The number of nitrogens with zero attached hydrogens (tertiary/aromatic N) is 4. The number of hydrogen-bond donors (Lipinski definition) is 0. The van der Waals surface area contributed by atoms with Crippen molar-refractivity contribution in [3.63, 3.8) is 0 Å². The highest BCUT2D eigenvalue weighted by Crippen LogP contribution is 2.47. The van der Waals surface area contributed by atoms with Crippen molar-refractivity contribution in [2.24, 2.45) is 0 Å². The van der Waals surface area contributed by atoms with Crippen LogP contribution in [0.1, 0.15) is 22.3 Å². The van der Waals surface area contributed by atoms with Gasteiger partial charge in [0, 0.05) is 49.4 Å². The molecule has 72 heavy (non-hydrogen) atoms. The quantitative estimate of drug-likeness (QED) is 0.156. The molecule has 4 nitrogen and oxygen atoms in total. The number of hydrogen-bond acceptors (Lipinski definition) is 2. The highest BCUT2D eigenvalue weighted by molar-refractivity contribution is 6.12. The number of halogens is 12. The number of benzene rings is 8. The molecule has 8 aromatic carbocycles. The average molecular weight is 987 g/mol. The van der Waals surface area contributed by atoms with E-state index in [9.17, 15) is 52.7 Å². The molecule has 0 fully saturated rings. The lowest BCUT2D eigenvalue weighted by Crippen LogP contribution is -2.06. The maximum absolute atomic E-state index is 14.4. The van der Waals surface area contributed by atoms with Crippen LogP contribution in [0, 0.1) is 0 Å². The maximum Gasteiger partial charge on any atom is 0.416 e. The van der Waals surface area contributed by atoms with E-state index in [0.717, 1.165) is 72.8 Å². The molecular weight excluding hydrogens is 957 g/mol. The second-order valence-corrected chi connectivity index (χ2v) is 17.0. The first-order chi connectivity index (χ1) is 34.2. The first-order valence-corrected chi connectivity index (χ1v) is 21.9. The molecule has 0 saturated carbocycles. The van der Waals surface area contributed by atoms with Gasteiger partial charge < -0.3 is 9.13 Å². The second-order valence-electron chi connectivity index (χ2n) is 17.0. The van der Waals surface area contributed by atoms with Gasteiger partial charge in [-0.2, -0.15) is 52.7 Å². The molecule has 11 rings (SSSR count). The van der Waals surface area contributed by atoms with Crippen molar-refractivity contribution in [2.45, 2.75) is 24.7 Å². The number of rotatable bonds is 6. The minimum Gasteiger partial charge on any atom is -0.309 e. The van der Waals surface area contributed by atoms with Gasteiger partial charge in [-0.15, -0.1) is 0 Å². The van der Waals surface area contributed by atoms with Gasteiger partial charge in [-0.05, 0) is 91.0 Å². The monoisotopic (exact) mass is 986 g/mol. The molecule has 0 N–H and O–H groups in total. The van der Waals surface area contributed by atoms with E-state index >= 15 is 0 Å². The van der Waals surface area contributed by atoms with Crippen LogP contribution in [-0.2, 0) is 24.7 Å². The minimum absolute atomic E-state index is 0.0772. The summed E-state index contributed by atoms with van der Waals surface area (Å²) in [5, 5.41) is -0.617. The van der Waals surface area contributed by atoms with Crippen LogP contribution in [0.15, 0.2) is 182 Å². The van der Waals surface area contributed by atoms with E-state index < -0.39 is 47.0 Å². The highest BCUT2D eigenvalue weighted by Gasteiger charge is 2.36. The summed E-state index contributed by atoms with van der Waals surface area (Å²) in [6, 6.07) is 42.6. The first-order valence-electron chi connectivity index (χ1n) is 21.9. The molecule has 11 aromatic rings. The molecule has 0 unspecified atom stereocenters. The van der Waals surface area contributed by atoms with Gasteiger partial charge in [0.15, 0.2) is 5.82 Å². The molecule has 0 spiro atoms. The summed E-state index contributed by atoms with van der Waals surface area (Å²) < 4.78 is 175. The Morgan fingerprint density at radius 3 is 1.03 bits per heavy atom. The molecule has 0 amide bonds. The molecule has 16 heteroatoms. The van der Waals surface area contributed by atoms with E-state index in [4.69, 9.17) is 9.97 Å². The Bertz CT molecular complexity index is 3720. The lowest BCUT2D eigenvalue weighted by molar-refractivity contribution is -0.138. The van der Waals surface area contributed by atoms with Crippen molar-refractivity contribution >= 4 is 43.6 Å². The molecule has 0 bridgehead atoms. The predicted octanol–water partition coefficient (Wildman–Crippen LogP) is 17.4. The fourth-order valence-corrected chi connectivity index (χ4v) is 9.43. The van der Waals surface area contributed by atoms with E-state index in [1.54, 1.807) is 48.5 Å². The Labute approximate surface area is 399 Å². The van der Waals surface area contributed by atoms with Gasteiger partial charge in [-0.25, -0.2) is 9.97 Å². The fourth-order valence-electron chi connectivity index (χ4n) is 9.43. The molecule has 3 heterocycles. The standard InChI is InChI=1S/C56H30F12N4/c57-53(58,59)33-18-22-46-39(26-33)40-27-34(54(60,61)62)19-23-47(40)71(46)45-16-8-7-14-37(45)51-38(52-69-43(31-10-3-1-4-11-31)30-44(70-52)32-12-5-2-6-13-32)15-9-17-50(51)72-48-24-20-35(55(63,64)65)28-41(48)42-29-36(56(66,67)68)21-25-49(42)72/h1-30H. The molecular formula is C56H30F12N4. The van der Waals surface area contributed by atoms with E-state index in [1.807, 2.05) is 60.7 Å². The smallest absolute Gasteiger partial charge is 0.309 e. The Hall–Kier alpha value is -8.40. The van der Waals surface area contributed by atoms with Crippen molar-refractivity contribution in [2.75, 3.05) is 0 Å². The van der Waals surface area contributed by atoms with Crippen molar-refractivity contribution < 1.29 is 52.7 Å². The van der Waals surface area contributed by atoms with Crippen molar-refractivity contribution in [3.8, 4) is 56.4 Å². The first kappa shape index (κ1) is 46.0. The molecule has 0 aliphatic carbocycles. The third-order valence-corrected chi connectivity index (χ3v) is 12.6. The van der Waals surface area contributed by atoms with Crippen LogP contribution in [0.5, 0.6) is 0 Å². The molecule has 0 aliphatic rings. The van der Waals surface area contributed by atoms with E-state index in [0.29, 0.717) is 28.1 Å². The van der Waals surface area contributed by atoms with Gasteiger partial charge >= 0.3 is 24.7 Å². The Balaban J connectivity index is 1.29. The maximum atomic E-state index is 14.4. The Morgan fingerprint density at radius 2 is 0.639 bits per heavy atom. The number of para-hydroxylation sites is 1. The molecule has 0 aliphatic heterocycles. The lowest BCUT2D eigenvalue weighted by Gasteiger charge is -2.22. The second kappa shape index (κ2) is 16.6. The molecule has 0 atom stereocenters. The van der Waals surface area contributed by atoms with Crippen molar-refractivity contribution in [1.82, 2.24) is 19.1 Å². The molecule has 0 radical (unpaired) electrons. The van der Waals surface area contributed by atoms with Crippen molar-refractivity contribution in [1.29, 1.82) is 0 Å². The predicted molar refractivity (Wildman–Crippen MR) is 252 cm³/mol. The fraction of sp³-hybridized carbons (Fsp3) is 0.0714.